The Hall–Kier alpha value is -0.790. The summed E-state index contributed by atoms with van der Waals surface area (Å²) in [6.45, 7) is 1.29. The van der Waals surface area contributed by atoms with Crippen LogP contribution in [0.2, 0.25) is 0 Å². The first kappa shape index (κ1) is 12.3. The Morgan fingerprint density at radius 1 is 1.40 bits per heavy atom. The zero-order valence-corrected chi connectivity index (χ0v) is 9.72. The Balaban J connectivity index is 3.03. The third-order valence-electron chi connectivity index (χ3n) is 1.55. The number of carbonyl (C=O) groups excluding carboxylic acids is 1. The fraction of sp³-hybridized carbons (Fsp3) is 0.222. The van der Waals surface area contributed by atoms with E-state index in [2.05, 4.69) is 4.74 Å². The molecular weight excluding hydrogens is 324 g/mol. The Bertz CT molecular complexity index is 387. The van der Waals surface area contributed by atoms with E-state index in [1.54, 1.807) is 0 Å². The van der Waals surface area contributed by atoms with Gasteiger partial charge >= 0.3 is 6.36 Å². The minimum atomic E-state index is -4.74. The largest absolute Gasteiger partial charge is 0.573 e. The molecule has 0 atom stereocenters. The minimum Gasteiger partial charge on any atom is -0.406 e. The maximum atomic E-state index is 11.9. The van der Waals surface area contributed by atoms with Crippen LogP contribution in [-0.2, 0) is 0 Å². The third-order valence-corrected chi connectivity index (χ3v) is 2.49. The van der Waals surface area contributed by atoms with Gasteiger partial charge in [-0.2, -0.15) is 0 Å². The number of ketones is 1. The first-order valence-corrected chi connectivity index (χ1v) is 4.94. The van der Waals surface area contributed by atoms with Crippen molar-refractivity contribution in [3.05, 3.63) is 27.3 Å². The smallest absolute Gasteiger partial charge is 0.406 e. The summed E-state index contributed by atoms with van der Waals surface area (Å²) in [5, 5.41) is 0. The highest BCUT2D eigenvalue weighted by molar-refractivity contribution is 14.1. The van der Waals surface area contributed by atoms with Crippen LogP contribution in [0.25, 0.3) is 0 Å². The van der Waals surface area contributed by atoms with Gasteiger partial charge in [0.2, 0.25) is 0 Å². The van der Waals surface area contributed by atoms with Crippen LogP contribution in [0.3, 0.4) is 0 Å². The van der Waals surface area contributed by atoms with Crippen molar-refractivity contribution < 1.29 is 22.7 Å². The molecule has 0 fully saturated rings. The number of Topliss-reactive ketones (excluding diaryl/α,β-unsaturated/α-hetero) is 1. The number of hydrogen-bond donors (Lipinski definition) is 0. The average molecular weight is 330 g/mol. The number of halogens is 4. The number of rotatable bonds is 2. The van der Waals surface area contributed by atoms with Crippen molar-refractivity contribution in [2.24, 2.45) is 0 Å². The minimum absolute atomic E-state index is 0.220. The second kappa shape index (κ2) is 4.38. The molecule has 6 heteroatoms. The van der Waals surface area contributed by atoms with Gasteiger partial charge in [-0.1, -0.05) is 0 Å². The average Bonchev–Trinajstić information content (AvgIpc) is 2.05. The van der Waals surface area contributed by atoms with Crippen LogP contribution in [0.4, 0.5) is 13.2 Å². The predicted molar refractivity (Wildman–Crippen MR) is 55.8 cm³/mol. The lowest BCUT2D eigenvalue weighted by molar-refractivity contribution is -0.274. The van der Waals surface area contributed by atoms with Crippen LogP contribution in [0, 0.1) is 3.57 Å². The van der Waals surface area contributed by atoms with E-state index in [0.29, 0.717) is 3.57 Å². The van der Waals surface area contributed by atoms with Gasteiger partial charge in [-0.15, -0.1) is 13.2 Å². The maximum Gasteiger partial charge on any atom is 0.573 e. The molecule has 15 heavy (non-hydrogen) atoms. The maximum absolute atomic E-state index is 11.9. The van der Waals surface area contributed by atoms with Gasteiger partial charge < -0.3 is 4.74 Å². The zero-order chi connectivity index (χ0) is 11.6. The molecule has 0 saturated heterocycles. The monoisotopic (exact) mass is 330 g/mol. The van der Waals surface area contributed by atoms with E-state index in [1.807, 2.05) is 22.6 Å². The van der Waals surface area contributed by atoms with Crippen molar-refractivity contribution in [3.8, 4) is 5.75 Å². The fourth-order valence-electron chi connectivity index (χ4n) is 0.971. The Kier molecular flexibility index (Phi) is 3.58. The first-order chi connectivity index (χ1) is 6.79. The van der Waals surface area contributed by atoms with Gasteiger partial charge in [0.05, 0.1) is 0 Å². The van der Waals surface area contributed by atoms with Crippen LogP contribution >= 0.6 is 22.6 Å². The van der Waals surface area contributed by atoms with Crippen LogP contribution in [0.15, 0.2) is 18.2 Å². The molecule has 0 heterocycles. The molecule has 0 radical (unpaired) electrons. The summed E-state index contributed by atoms with van der Waals surface area (Å²) >= 11 is 1.87. The second-order valence-electron chi connectivity index (χ2n) is 2.75. The molecule has 0 aliphatic carbocycles. The van der Waals surface area contributed by atoms with E-state index >= 15 is 0 Å². The van der Waals surface area contributed by atoms with Crippen molar-refractivity contribution >= 4 is 28.4 Å². The molecule has 0 aliphatic heterocycles. The summed E-state index contributed by atoms with van der Waals surface area (Å²) in [6.07, 6.45) is -4.74. The molecule has 1 aromatic carbocycles. The van der Waals surface area contributed by atoms with Gasteiger partial charge in [-0.25, -0.2) is 0 Å². The molecule has 1 rings (SSSR count). The van der Waals surface area contributed by atoms with Gasteiger partial charge in [-0.05, 0) is 47.7 Å². The summed E-state index contributed by atoms with van der Waals surface area (Å²) in [6, 6.07) is 3.65. The van der Waals surface area contributed by atoms with Crippen LogP contribution in [0.1, 0.15) is 17.3 Å². The predicted octanol–water partition coefficient (Wildman–Crippen LogP) is 3.39. The number of carbonyl (C=O) groups is 1. The van der Waals surface area contributed by atoms with E-state index in [1.165, 1.54) is 19.1 Å². The van der Waals surface area contributed by atoms with Gasteiger partial charge in [0, 0.05) is 9.13 Å². The summed E-state index contributed by atoms with van der Waals surface area (Å²) in [4.78, 5) is 11.0. The molecule has 0 spiro atoms. The van der Waals surface area contributed by atoms with Gasteiger partial charge in [0.25, 0.3) is 0 Å². The number of alkyl halides is 3. The van der Waals surface area contributed by atoms with E-state index in [4.69, 9.17) is 0 Å². The van der Waals surface area contributed by atoms with E-state index in [9.17, 15) is 18.0 Å². The summed E-state index contributed by atoms with van der Waals surface area (Å²) in [5.41, 5.74) is 0.220. The van der Waals surface area contributed by atoms with E-state index in [-0.39, 0.29) is 17.1 Å². The quantitative estimate of drug-likeness (QED) is 0.614. The molecule has 1 aromatic rings. The number of benzene rings is 1. The highest BCUT2D eigenvalue weighted by atomic mass is 127. The molecule has 82 valence electrons. The number of hydrogen-bond acceptors (Lipinski definition) is 2. The standard InChI is InChI=1S/C9H6F3IO2/c1-5(14)7-4-6(2-3-8(7)13)15-9(10,11)12/h2-4H,1H3. The molecular formula is C9H6F3IO2. The Labute approximate surface area is 97.6 Å². The molecule has 0 unspecified atom stereocenters. The lowest BCUT2D eigenvalue weighted by atomic mass is 10.1. The van der Waals surface area contributed by atoms with Crippen molar-refractivity contribution in [3.63, 3.8) is 0 Å². The Morgan fingerprint density at radius 2 is 2.00 bits per heavy atom. The molecule has 0 N–H and O–H groups in total. The van der Waals surface area contributed by atoms with Gasteiger partial charge in [0.1, 0.15) is 5.75 Å². The molecule has 0 aliphatic rings. The number of ether oxygens (including phenoxy) is 1. The summed E-state index contributed by atoms with van der Waals surface area (Å²) in [7, 11) is 0. The second-order valence-corrected chi connectivity index (χ2v) is 3.91. The van der Waals surface area contributed by atoms with E-state index < -0.39 is 6.36 Å². The SMILES string of the molecule is CC(=O)c1cc(OC(F)(F)F)ccc1I. The lowest BCUT2D eigenvalue weighted by Gasteiger charge is -2.10. The van der Waals surface area contributed by atoms with Crippen LogP contribution in [0.5, 0.6) is 5.75 Å². The van der Waals surface area contributed by atoms with Crippen molar-refractivity contribution in [1.29, 1.82) is 0 Å². The van der Waals surface area contributed by atoms with Crippen LogP contribution in [-0.4, -0.2) is 12.1 Å². The molecule has 0 bridgehead atoms. The third kappa shape index (κ3) is 3.69. The van der Waals surface area contributed by atoms with Crippen LogP contribution < -0.4 is 4.74 Å². The molecule has 2 nitrogen and oxygen atoms in total. The molecule has 0 amide bonds. The van der Waals surface area contributed by atoms with Crippen molar-refractivity contribution in [2.45, 2.75) is 13.3 Å². The first-order valence-electron chi connectivity index (χ1n) is 3.86. The topological polar surface area (TPSA) is 26.3 Å². The van der Waals surface area contributed by atoms with E-state index in [0.717, 1.165) is 6.07 Å². The highest BCUT2D eigenvalue weighted by Gasteiger charge is 2.31. The zero-order valence-electron chi connectivity index (χ0n) is 7.56. The molecule has 0 aromatic heterocycles. The fourth-order valence-corrected chi connectivity index (χ4v) is 1.69. The van der Waals surface area contributed by atoms with Crippen molar-refractivity contribution in [1.82, 2.24) is 0 Å². The lowest BCUT2D eigenvalue weighted by Crippen LogP contribution is -2.17. The van der Waals surface area contributed by atoms with Crippen molar-refractivity contribution in [2.75, 3.05) is 0 Å². The van der Waals surface area contributed by atoms with Gasteiger partial charge in [0.15, 0.2) is 5.78 Å². The van der Waals surface area contributed by atoms with Gasteiger partial charge in [-0.3, -0.25) is 4.79 Å². The normalized spacial score (nSPS) is 11.3. The molecule has 0 saturated carbocycles. The Morgan fingerprint density at radius 3 is 2.47 bits per heavy atom. The summed E-state index contributed by atoms with van der Waals surface area (Å²) in [5.74, 6) is -0.680. The summed E-state index contributed by atoms with van der Waals surface area (Å²) < 4.78 is 39.9. The highest BCUT2D eigenvalue weighted by Crippen LogP contribution is 2.25.